The zero-order valence-corrected chi connectivity index (χ0v) is 17.4. The normalized spacial score (nSPS) is 14.3. The van der Waals surface area contributed by atoms with Gasteiger partial charge in [0.15, 0.2) is 11.5 Å². The standard InChI is InChI=1S/C22H23N7O2/c1-30-18-12-14-17(13-19(18)31-2)26-22(27-20(14)23)29-10-8-28(9-11-29)21-24-15-6-4-3-5-7-16(15)25-21/h3-7,12-13H,8-11H2,1-2H3,(H2,23,26,27). The predicted molar refractivity (Wildman–Crippen MR) is 120 cm³/mol. The molecule has 1 aromatic carbocycles. The Morgan fingerprint density at radius 1 is 0.742 bits per heavy atom. The van der Waals surface area contributed by atoms with Gasteiger partial charge >= 0.3 is 0 Å². The number of nitrogen functional groups attached to an aromatic ring is 1. The van der Waals surface area contributed by atoms with Crippen LogP contribution < -0.4 is 25.0 Å². The van der Waals surface area contributed by atoms with Crippen molar-refractivity contribution in [3.8, 4) is 22.9 Å². The number of nitrogens with two attached hydrogens (primary N) is 1. The highest BCUT2D eigenvalue weighted by Crippen LogP contribution is 2.34. The van der Waals surface area contributed by atoms with Crippen LogP contribution in [0.25, 0.3) is 22.3 Å². The molecular formula is C22H23N7O2. The molecule has 158 valence electrons. The van der Waals surface area contributed by atoms with Crippen LogP contribution in [0.4, 0.5) is 17.7 Å². The molecule has 1 saturated heterocycles. The predicted octanol–water partition coefficient (Wildman–Crippen LogP) is 2.45. The van der Waals surface area contributed by atoms with Crippen LogP contribution in [0.3, 0.4) is 0 Å². The number of piperazine rings is 1. The van der Waals surface area contributed by atoms with Gasteiger partial charge in [0.25, 0.3) is 0 Å². The smallest absolute Gasteiger partial charge is 0.228 e. The average Bonchev–Trinajstić information content (AvgIpc) is 3.08. The highest BCUT2D eigenvalue weighted by molar-refractivity contribution is 5.91. The second-order valence-electron chi connectivity index (χ2n) is 7.31. The van der Waals surface area contributed by atoms with E-state index in [1.807, 2.05) is 42.5 Å². The molecule has 0 unspecified atom stereocenters. The van der Waals surface area contributed by atoms with Crippen molar-refractivity contribution in [3.05, 3.63) is 42.5 Å². The third kappa shape index (κ3) is 3.48. The van der Waals surface area contributed by atoms with E-state index in [9.17, 15) is 0 Å². The summed E-state index contributed by atoms with van der Waals surface area (Å²) in [6.07, 6.45) is 0. The molecule has 2 N–H and O–H groups in total. The summed E-state index contributed by atoms with van der Waals surface area (Å²) >= 11 is 0. The minimum absolute atomic E-state index is 0.418. The molecule has 2 aliphatic heterocycles. The molecule has 3 heterocycles. The van der Waals surface area contributed by atoms with Gasteiger partial charge in [-0.3, -0.25) is 0 Å². The number of benzene rings is 1. The molecule has 1 aliphatic carbocycles. The van der Waals surface area contributed by atoms with Gasteiger partial charge in [0.1, 0.15) is 5.82 Å². The van der Waals surface area contributed by atoms with Crippen molar-refractivity contribution >= 4 is 28.6 Å². The summed E-state index contributed by atoms with van der Waals surface area (Å²) < 4.78 is 10.8. The van der Waals surface area contributed by atoms with E-state index < -0.39 is 0 Å². The zero-order chi connectivity index (χ0) is 21.4. The van der Waals surface area contributed by atoms with Gasteiger partial charge in [-0.1, -0.05) is 18.2 Å². The Balaban J connectivity index is 1.38. The first-order chi connectivity index (χ1) is 15.2. The molecule has 9 heteroatoms. The molecule has 31 heavy (non-hydrogen) atoms. The molecule has 0 amide bonds. The van der Waals surface area contributed by atoms with Crippen LogP contribution >= 0.6 is 0 Å². The minimum atomic E-state index is 0.418. The van der Waals surface area contributed by atoms with E-state index in [1.54, 1.807) is 14.2 Å². The molecule has 1 fully saturated rings. The van der Waals surface area contributed by atoms with Crippen LogP contribution in [-0.2, 0) is 0 Å². The number of fused-ring (bicyclic) bond motifs is 2. The first-order valence-electron chi connectivity index (χ1n) is 10.1. The van der Waals surface area contributed by atoms with Gasteiger partial charge in [0.2, 0.25) is 11.9 Å². The Morgan fingerprint density at radius 3 is 1.87 bits per heavy atom. The van der Waals surface area contributed by atoms with Crippen LogP contribution in [-0.4, -0.2) is 60.3 Å². The quantitative estimate of drug-likeness (QED) is 0.536. The number of nitrogens with zero attached hydrogens (tertiary/aromatic N) is 6. The van der Waals surface area contributed by atoms with Crippen LogP contribution in [0.1, 0.15) is 0 Å². The molecule has 2 aromatic rings. The summed E-state index contributed by atoms with van der Waals surface area (Å²) in [5.74, 6) is 3.00. The summed E-state index contributed by atoms with van der Waals surface area (Å²) in [5.41, 5.74) is 8.77. The summed E-state index contributed by atoms with van der Waals surface area (Å²) in [5, 5.41) is 0.741. The molecule has 9 nitrogen and oxygen atoms in total. The number of rotatable bonds is 4. The van der Waals surface area contributed by atoms with Crippen molar-refractivity contribution in [3.63, 3.8) is 0 Å². The van der Waals surface area contributed by atoms with Crippen molar-refractivity contribution in [1.82, 2.24) is 19.9 Å². The highest BCUT2D eigenvalue weighted by Gasteiger charge is 2.24. The number of aromatic nitrogens is 4. The van der Waals surface area contributed by atoms with Gasteiger partial charge < -0.3 is 25.0 Å². The minimum Gasteiger partial charge on any atom is -0.493 e. The molecule has 0 radical (unpaired) electrons. The largest absolute Gasteiger partial charge is 0.493 e. The number of imidazole rings is 1. The maximum atomic E-state index is 6.25. The van der Waals surface area contributed by atoms with Gasteiger partial charge in [0.05, 0.1) is 31.1 Å². The second kappa shape index (κ2) is 7.75. The van der Waals surface area contributed by atoms with E-state index in [4.69, 9.17) is 20.2 Å². The molecule has 0 atom stereocenters. The van der Waals surface area contributed by atoms with Crippen LogP contribution in [0.15, 0.2) is 42.5 Å². The van der Waals surface area contributed by atoms with Gasteiger partial charge in [0, 0.05) is 37.6 Å². The Bertz CT molecular complexity index is 1180. The molecule has 5 rings (SSSR count). The van der Waals surface area contributed by atoms with E-state index in [2.05, 4.69) is 24.8 Å². The van der Waals surface area contributed by atoms with Crippen molar-refractivity contribution in [2.75, 3.05) is 55.9 Å². The summed E-state index contributed by atoms with van der Waals surface area (Å²) in [4.78, 5) is 23.0. The zero-order valence-electron chi connectivity index (χ0n) is 17.4. The highest BCUT2D eigenvalue weighted by atomic mass is 16.5. The van der Waals surface area contributed by atoms with Crippen LogP contribution in [0.5, 0.6) is 11.5 Å². The molecule has 3 aliphatic rings. The topological polar surface area (TPSA) is 103 Å². The number of hydrogen-bond donors (Lipinski definition) is 1. The van der Waals surface area contributed by atoms with Gasteiger partial charge in [-0.2, -0.15) is 4.98 Å². The number of hydrogen-bond acceptors (Lipinski definition) is 9. The number of anilines is 3. The number of ether oxygens (including phenoxy) is 2. The third-order valence-corrected chi connectivity index (χ3v) is 5.50. The first-order valence-corrected chi connectivity index (χ1v) is 10.1. The maximum Gasteiger partial charge on any atom is 0.228 e. The van der Waals surface area contributed by atoms with Crippen molar-refractivity contribution in [2.24, 2.45) is 0 Å². The lowest BCUT2D eigenvalue weighted by atomic mass is 10.2. The first kappa shape index (κ1) is 19.1. The van der Waals surface area contributed by atoms with E-state index >= 15 is 0 Å². The average molecular weight is 417 g/mol. The van der Waals surface area contributed by atoms with Crippen molar-refractivity contribution in [2.45, 2.75) is 0 Å². The Morgan fingerprint density at radius 2 is 1.29 bits per heavy atom. The molecule has 0 bridgehead atoms. The van der Waals surface area contributed by atoms with Crippen LogP contribution in [0.2, 0.25) is 0 Å². The fraction of sp³-hybridized carbons (Fsp3) is 0.273. The SMILES string of the molecule is COc1cc2nc(N3CCN(c4nc5cccccc-5n4)CC3)nc(N)c2cc1OC. The lowest BCUT2D eigenvalue weighted by molar-refractivity contribution is 0.356. The lowest BCUT2D eigenvalue weighted by Gasteiger charge is -2.34. The summed E-state index contributed by atoms with van der Waals surface area (Å²) in [7, 11) is 3.19. The van der Waals surface area contributed by atoms with Gasteiger partial charge in [-0.25, -0.2) is 15.0 Å². The molecule has 0 spiro atoms. The summed E-state index contributed by atoms with van der Waals surface area (Å²) in [6.45, 7) is 3.04. The fourth-order valence-corrected chi connectivity index (χ4v) is 3.81. The van der Waals surface area contributed by atoms with E-state index in [0.717, 1.165) is 54.4 Å². The fourth-order valence-electron chi connectivity index (χ4n) is 3.81. The van der Waals surface area contributed by atoms with Crippen molar-refractivity contribution in [1.29, 1.82) is 0 Å². The Hall–Kier alpha value is -3.88. The van der Waals surface area contributed by atoms with E-state index in [-0.39, 0.29) is 0 Å². The molecular weight excluding hydrogens is 394 g/mol. The monoisotopic (exact) mass is 417 g/mol. The van der Waals surface area contributed by atoms with Gasteiger partial charge in [-0.05, 0) is 18.2 Å². The number of methoxy groups -OCH3 is 2. The van der Waals surface area contributed by atoms with Crippen molar-refractivity contribution < 1.29 is 9.47 Å². The Kier molecular flexibility index (Phi) is 4.78. The maximum absolute atomic E-state index is 6.25. The summed E-state index contributed by atoms with van der Waals surface area (Å²) in [6, 6.07) is 13.5. The second-order valence-corrected chi connectivity index (χ2v) is 7.31. The van der Waals surface area contributed by atoms with E-state index in [0.29, 0.717) is 23.3 Å². The third-order valence-electron chi connectivity index (χ3n) is 5.50. The lowest BCUT2D eigenvalue weighted by Crippen LogP contribution is -2.47. The van der Waals surface area contributed by atoms with E-state index in [1.165, 1.54) is 0 Å². The molecule has 0 saturated carbocycles. The molecule has 1 aromatic heterocycles. The van der Waals surface area contributed by atoms with Gasteiger partial charge in [-0.15, -0.1) is 0 Å². The van der Waals surface area contributed by atoms with Crippen LogP contribution in [0, 0.1) is 0 Å². The Labute approximate surface area is 179 Å².